The predicted molar refractivity (Wildman–Crippen MR) is 50.6 cm³/mol. The van der Waals surface area contributed by atoms with Gasteiger partial charge in [0.05, 0.1) is 11.1 Å². The van der Waals surface area contributed by atoms with Crippen molar-refractivity contribution in [1.82, 2.24) is 9.78 Å². The van der Waals surface area contributed by atoms with Crippen LogP contribution in [-0.4, -0.2) is 15.6 Å². The van der Waals surface area contributed by atoms with E-state index < -0.39 is 0 Å². The molecule has 0 spiro atoms. The van der Waals surface area contributed by atoms with E-state index in [1.165, 1.54) is 0 Å². The van der Waals surface area contributed by atoms with Crippen LogP contribution in [0.25, 0.3) is 0 Å². The minimum absolute atomic E-state index is 0.217. The van der Waals surface area contributed by atoms with Crippen LogP contribution in [0.2, 0.25) is 0 Å². The molecule has 2 rings (SSSR count). The molecule has 1 aliphatic carbocycles. The molecule has 2 unspecified atom stereocenters. The van der Waals surface area contributed by atoms with Crippen molar-refractivity contribution in [1.29, 1.82) is 5.41 Å². The largest absolute Gasteiger partial charge is 0.387 e. The van der Waals surface area contributed by atoms with Gasteiger partial charge < -0.3 is 5.73 Å². The third-order valence-corrected chi connectivity index (χ3v) is 3.07. The lowest BCUT2D eigenvalue weighted by Gasteiger charge is -2.14. The van der Waals surface area contributed by atoms with Gasteiger partial charge in [-0.3, -0.25) is 10.1 Å². The van der Waals surface area contributed by atoms with Gasteiger partial charge in [0.2, 0.25) is 0 Å². The van der Waals surface area contributed by atoms with E-state index in [9.17, 15) is 0 Å². The summed E-state index contributed by atoms with van der Waals surface area (Å²) in [6, 6.07) is 1.95. The second-order valence-corrected chi connectivity index (χ2v) is 3.83. The maximum Gasteiger partial charge on any atom is 0.103 e. The second-order valence-electron chi connectivity index (χ2n) is 3.83. The number of nitrogens with two attached hydrogens (primary N) is 1. The van der Waals surface area contributed by atoms with E-state index in [-0.39, 0.29) is 11.3 Å². The Balaban J connectivity index is 2.45. The van der Waals surface area contributed by atoms with Gasteiger partial charge in [0.15, 0.2) is 0 Å². The zero-order valence-electron chi connectivity index (χ0n) is 7.91. The molecule has 2 atom stereocenters. The Hall–Kier alpha value is -1.32. The van der Waals surface area contributed by atoms with Crippen molar-refractivity contribution in [2.75, 3.05) is 0 Å². The Bertz CT molecular complexity index is 354. The van der Waals surface area contributed by atoms with E-state index in [1.807, 2.05) is 17.8 Å². The number of amidine groups is 1. The quantitative estimate of drug-likeness (QED) is 0.515. The summed E-state index contributed by atoms with van der Waals surface area (Å²) in [5, 5.41) is 11.7. The lowest BCUT2D eigenvalue weighted by molar-refractivity contribution is 0.656. The van der Waals surface area contributed by atoms with Crippen molar-refractivity contribution in [3.05, 3.63) is 18.0 Å². The molecule has 4 heteroatoms. The number of nitrogens with zero attached hydrogens (tertiary/aromatic N) is 2. The first kappa shape index (κ1) is 8.29. The highest BCUT2D eigenvalue weighted by atomic mass is 15.3. The molecule has 4 nitrogen and oxygen atoms in total. The summed E-state index contributed by atoms with van der Waals surface area (Å²) in [4.78, 5) is 0. The third-order valence-electron chi connectivity index (χ3n) is 3.07. The molecular formula is C9H14N4. The number of hydrogen-bond donors (Lipinski definition) is 2. The Morgan fingerprint density at radius 2 is 2.46 bits per heavy atom. The zero-order valence-corrected chi connectivity index (χ0v) is 7.91. The van der Waals surface area contributed by atoms with Gasteiger partial charge in [-0.25, -0.2) is 0 Å². The molecule has 1 aromatic heterocycles. The summed E-state index contributed by atoms with van der Waals surface area (Å²) in [7, 11) is 1.89. The molecule has 0 aromatic carbocycles. The van der Waals surface area contributed by atoms with Crippen LogP contribution >= 0.6 is 0 Å². The van der Waals surface area contributed by atoms with Crippen molar-refractivity contribution in [2.24, 2.45) is 18.7 Å². The molecule has 1 aromatic rings. The molecule has 0 saturated heterocycles. The fourth-order valence-electron chi connectivity index (χ4n) is 2.11. The zero-order chi connectivity index (χ0) is 9.64. The van der Waals surface area contributed by atoms with Crippen LogP contribution in [0.3, 0.4) is 0 Å². The molecule has 1 saturated carbocycles. The van der Waals surface area contributed by atoms with Crippen LogP contribution in [0.5, 0.6) is 0 Å². The van der Waals surface area contributed by atoms with Gasteiger partial charge in [-0.1, -0.05) is 6.92 Å². The summed E-state index contributed by atoms with van der Waals surface area (Å²) >= 11 is 0. The average molecular weight is 178 g/mol. The van der Waals surface area contributed by atoms with Gasteiger partial charge in [-0.15, -0.1) is 0 Å². The Labute approximate surface area is 77.2 Å². The normalized spacial score (nSPS) is 31.7. The molecule has 13 heavy (non-hydrogen) atoms. The maximum absolute atomic E-state index is 7.60. The lowest BCUT2D eigenvalue weighted by atomic mass is 9.98. The van der Waals surface area contributed by atoms with Crippen molar-refractivity contribution in [3.63, 3.8) is 0 Å². The molecule has 1 fully saturated rings. The van der Waals surface area contributed by atoms with Crippen LogP contribution in [-0.2, 0) is 12.5 Å². The van der Waals surface area contributed by atoms with Crippen molar-refractivity contribution >= 4 is 5.84 Å². The Kier molecular flexibility index (Phi) is 1.49. The maximum atomic E-state index is 7.60. The number of rotatable bonds is 2. The monoisotopic (exact) mass is 178 g/mol. The van der Waals surface area contributed by atoms with Gasteiger partial charge >= 0.3 is 0 Å². The van der Waals surface area contributed by atoms with Gasteiger partial charge in [0.1, 0.15) is 5.84 Å². The topological polar surface area (TPSA) is 67.7 Å². The van der Waals surface area contributed by atoms with Gasteiger partial charge in [0, 0.05) is 13.2 Å². The molecule has 0 radical (unpaired) electrons. The molecule has 70 valence electrons. The highest BCUT2D eigenvalue weighted by molar-refractivity contribution is 5.92. The van der Waals surface area contributed by atoms with Crippen LogP contribution in [0.1, 0.15) is 19.0 Å². The lowest BCUT2D eigenvalue weighted by Crippen LogP contribution is -2.31. The molecule has 3 N–H and O–H groups in total. The molecule has 1 aliphatic rings. The van der Waals surface area contributed by atoms with Crippen molar-refractivity contribution in [3.8, 4) is 0 Å². The highest BCUT2D eigenvalue weighted by Crippen LogP contribution is 2.53. The van der Waals surface area contributed by atoms with E-state index >= 15 is 0 Å². The first-order valence-corrected chi connectivity index (χ1v) is 4.42. The fraction of sp³-hybridized carbons (Fsp3) is 0.556. The van der Waals surface area contributed by atoms with E-state index in [4.69, 9.17) is 11.1 Å². The van der Waals surface area contributed by atoms with Crippen molar-refractivity contribution < 1.29 is 0 Å². The standard InChI is InChI=1S/C9H14N4/c1-6-5-9(6,8(10)11)7-3-4-12-13(7)2/h3-4,6H,5H2,1-2H3,(H3,10,11). The SMILES string of the molecule is CC1CC1(C(=N)N)c1ccnn1C. The highest BCUT2D eigenvalue weighted by Gasteiger charge is 2.56. The molecule has 1 heterocycles. The van der Waals surface area contributed by atoms with Crippen LogP contribution in [0.15, 0.2) is 12.3 Å². The summed E-state index contributed by atoms with van der Waals surface area (Å²) in [5.41, 5.74) is 6.47. The number of hydrogen-bond acceptors (Lipinski definition) is 2. The van der Waals surface area contributed by atoms with E-state index in [2.05, 4.69) is 12.0 Å². The summed E-state index contributed by atoms with van der Waals surface area (Å²) in [6.45, 7) is 2.12. The van der Waals surface area contributed by atoms with Gasteiger partial charge in [-0.05, 0) is 18.4 Å². The number of aryl methyl sites for hydroxylation is 1. The summed E-state index contributed by atoms with van der Waals surface area (Å²) in [6.07, 6.45) is 2.73. The van der Waals surface area contributed by atoms with E-state index in [0.29, 0.717) is 5.92 Å². The molecule has 0 aliphatic heterocycles. The average Bonchev–Trinajstić information content (AvgIpc) is 2.53. The van der Waals surface area contributed by atoms with E-state index in [0.717, 1.165) is 12.1 Å². The molecule has 0 bridgehead atoms. The smallest absolute Gasteiger partial charge is 0.103 e. The minimum Gasteiger partial charge on any atom is -0.387 e. The number of aromatic nitrogens is 2. The predicted octanol–water partition coefficient (Wildman–Crippen LogP) is 0.634. The number of nitrogens with one attached hydrogen (secondary N) is 1. The van der Waals surface area contributed by atoms with Crippen LogP contribution < -0.4 is 5.73 Å². The first-order chi connectivity index (χ1) is 6.09. The minimum atomic E-state index is -0.217. The fourth-order valence-corrected chi connectivity index (χ4v) is 2.11. The first-order valence-electron chi connectivity index (χ1n) is 4.42. The summed E-state index contributed by atoms with van der Waals surface area (Å²) in [5.74, 6) is 0.740. The Morgan fingerprint density at radius 3 is 2.77 bits per heavy atom. The summed E-state index contributed by atoms with van der Waals surface area (Å²) < 4.78 is 1.81. The third kappa shape index (κ3) is 0.913. The Morgan fingerprint density at radius 1 is 1.85 bits per heavy atom. The van der Waals surface area contributed by atoms with Crippen molar-refractivity contribution in [2.45, 2.75) is 18.8 Å². The second kappa shape index (κ2) is 2.34. The van der Waals surface area contributed by atoms with Crippen LogP contribution in [0, 0.1) is 11.3 Å². The van der Waals surface area contributed by atoms with E-state index in [1.54, 1.807) is 6.20 Å². The molecular weight excluding hydrogens is 164 g/mol. The molecule has 0 amide bonds. The van der Waals surface area contributed by atoms with Gasteiger partial charge in [-0.2, -0.15) is 5.10 Å². The van der Waals surface area contributed by atoms with Gasteiger partial charge in [0.25, 0.3) is 0 Å². The van der Waals surface area contributed by atoms with Crippen LogP contribution in [0.4, 0.5) is 0 Å².